The molecule has 0 aromatic carbocycles. The van der Waals surface area contributed by atoms with E-state index < -0.39 is 0 Å². The smallest absolute Gasteiger partial charge is 0.0564 e. The van der Waals surface area contributed by atoms with Gasteiger partial charge in [-0.2, -0.15) is 0 Å². The molecule has 2 atom stereocenters. The van der Waals surface area contributed by atoms with Gasteiger partial charge in [0, 0.05) is 0 Å². The second-order valence-electron chi connectivity index (χ2n) is 12.7. The van der Waals surface area contributed by atoms with Gasteiger partial charge >= 0.3 is 0 Å². The van der Waals surface area contributed by atoms with Crippen LogP contribution in [0.3, 0.4) is 0 Å². The van der Waals surface area contributed by atoms with Gasteiger partial charge in [-0.05, 0) is 19.3 Å². The van der Waals surface area contributed by atoms with Crippen LogP contribution in [-0.4, -0.2) is 22.4 Å². The average Bonchev–Trinajstić information content (AvgIpc) is 2.91. The van der Waals surface area contributed by atoms with Crippen molar-refractivity contribution in [2.24, 2.45) is 0 Å². The van der Waals surface area contributed by atoms with Gasteiger partial charge < -0.3 is 10.2 Å². The Morgan fingerprint density at radius 3 is 0.711 bits per heavy atom. The minimum atomic E-state index is -0.305. The van der Waals surface area contributed by atoms with Gasteiger partial charge in [0.25, 0.3) is 0 Å². The van der Waals surface area contributed by atoms with Gasteiger partial charge in [-0.1, -0.05) is 200 Å². The number of aliphatic hydroxyl groups is 2. The fraction of sp³-hybridized carbons (Fsp3) is 1.00. The quantitative estimate of drug-likeness (QED) is 0.0815. The molecule has 0 bridgehead atoms. The van der Waals surface area contributed by atoms with E-state index >= 15 is 0 Å². The number of aliphatic hydroxyl groups excluding tert-OH is 2. The van der Waals surface area contributed by atoms with Crippen molar-refractivity contribution in [1.82, 2.24) is 0 Å². The van der Waals surface area contributed by atoms with Crippen molar-refractivity contribution in [2.45, 2.75) is 232 Å². The molecule has 0 fully saturated rings. The monoisotopic (exact) mass is 539 g/mol. The summed E-state index contributed by atoms with van der Waals surface area (Å²) in [6, 6.07) is 0. The fourth-order valence-electron chi connectivity index (χ4n) is 5.88. The standard InChI is InChI=1S/C36H74O2/c1-3-5-7-9-10-11-12-13-14-15-16-17-18-19-20-21-22-23-24-25-26-27-28-29-31-33-36(38)34-35(37)32-30-8-6-4-2/h35-38H,3-34H2,1-2H3/t35-,36+/m0/s1. The largest absolute Gasteiger partial charge is 0.393 e. The summed E-state index contributed by atoms with van der Waals surface area (Å²) in [5.41, 5.74) is 0. The summed E-state index contributed by atoms with van der Waals surface area (Å²) < 4.78 is 0. The van der Waals surface area contributed by atoms with Crippen LogP contribution in [0.2, 0.25) is 0 Å². The van der Waals surface area contributed by atoms with E-state index in [0.717, 1.165) is 25.7 Å². The lowest BCUT2D eigenvalue weighted by Gasteiger charge is -2.15. The van der Waals surface area contributed by atoms with Gasteiger partial charge in [-0.15, -0.1) is 0 Å². The Kier molecular flexibility index (Phi) is 33.1. The maximum absolute atomic E-state index is 10.1. The third-order valence-corrected chi connectivity index (χ3v) is 8.58. The van der Waals surface area contributed by atoms with E-state index in [4.69, 9.17) is 0 Å². The van der Waals surface area contributed by atoms with Crippen LogP contribution < -0.4 is 0 Å². The van der Waals surface area contributed by atoms with Crippen molar-refractivity contribution in [3.63, 3.8) is 0 Å². The van der Waals surface area contributed by atoms with Crippen molar-refractivity contribution in [2.75, 3.05) is 0 Å². The van der Waals surface area contributed by atoms with Crippen LogP contribution in [0.4, 0.5) is 0 Å². The molecule has 0 heterocycles. The SMILES string of the molecule is CCCCCCCCCCCCCCCCCCCCCCCCCCC[C@@H](O)C[C@@H](O)CCCCCC. The number of unbranched alkanes of at least 4 members (excludes halogenated alkanes) is 27. The first-order valence-electron chi connectivity index (χ1n) is 18.1. The van der Waals surface area contributed by atoms with E-state index in [1.165, 1.54) is 173 Å². The highest BCUT2D eigenvalue weighted by atomic mass is 16.3. The summed E-state index contributed by atoms with van der Waals surface area (Å²) in [5, 5.41) is 20.2. The molecule has 2 heteroatoms. The summed E-state index contributed by atoms with van der Waals surface area (Å²) in [5.74, 6) is 0. The molecule has 0 aliphatic heterocycles. The summed E-state index contributed by atoms with van der Waals surface area (Å²) >= 11 is 0. The lowest BCUT2D eigenvalue weighted by molar-refractivity contribution is 0.0680. The highest BCUT2D eigenvalue weighted by Crippen LogP contribution is 2.17. The Morgan fingerprint density at radius 2 is 0.474 bits per heavy atom. The molecular formula is C36H74O2. The molecule has 0 saturated carbocycles. The molecule has 0 amide bonds. The van der Waals surface area contributed by atoms with Crippen molar-refractivity contribution in [3.05, 3.63) is 0 Å². The Hall–Kier alpha value is -0.0800. The van der Waals surface area contributed by atoms with Crippen LogP contribution in [0.15, 0.2) is 0 Å². The Bertz CT molecular complexity index is 410. The zero-order valence-corrected chi connectivity index (χ0v) is 26.7. The summed E-state index contributed by atoms with van der Waals surface area (Å²) in [7, 11) is 0. The molecule has 230 valence electrons. The third-order valence-electron chi connectivity index (χ3n) is 8.58. The van der Waals surface area contributed by atoms with Crippen LogP contribution >= 0.6 is 0 Å². The van der Waals surface area contributed by atoms with Gasteiger partial charge in [-0.25, -0.2) is 0 Å². The van der Waals surface area contributed by atoms with E-state index in [9.17, 15) is 10.2 Å². The molecule has 0 aromatic rings. The summed E-state index contributed by atoms with van der Waals surface area (Å²) in [4.78, 5) is 0. The predicted octanol–water partition coefficient (Wildman–Crippen LogP) is 12.2. The van der Waals surface area contributed by atoms with Crippen LogP contribution in [0, 0.1) is 0 Å². The van der Waals surface area contributed by atoms with Gasteiger partial charge in [0.2, 0.25) is 0 Å². The lowest BCUT2D eigenvalue weighted by Crippen LogP contribution is -2.17. The zero-order valence-electron chi connectivity index (χ0n) is 26.7. The number of hydrogen-bond donors (Lipinski definition) is 2. The van der Waals surface area contributed by atoms with E-state index in [-0.39, 0.29) is 12.2 Å². The van der Waals surface area contributed by atoms with Gasteiger partial charge in [-0.3, -0.25) is 0 Å². The zero-order chi connectivity index (χ0) is 27.8. The molecule has 2 nitrogen and oxygen atoms in total. The van der Waals surface area contributed by atoms with E-state index in [0.29, 0.717) is 6.42 Å². The molecular weight excluding hydrogens is 464 g/mol. The molecule has 0 aromatic heterocycles. The molecule has 0 aliphatic carbocycles. The van der Waals surface area contributed by atoms with Crippen molar-refractivity contribution in [3.8, 4) is 0 Å². The van der Waals surface area contributed by atoms with Crippen molar-refractivity contribution in [1.29, 1.82) is 0 Å². The van der Waals surface area contributed by atoms with E-state index in [2.05, 4.69) is 13.8 Å². The number of rotatable bonds is 33. The Morgan fingerprint density at radius 1 is 0.289 bits per heavy atom. The molecule has 0 rings (SSSR count). The third kappa shape index (κ3) is 32.1. The minimum Gasteiger partial charge on any atom is -0.393 e. The first kappa shape index (κ1) is 37.9. The van der Waals surface area contributed by atoms with Crippen LogP contribution in [0.1, 0.15) is 219 Å². The second-order valence-corrected chi connectivity index (χ2v) is 12.7. The van der Waals surface area contributed by atoms with Gasteiger partial charge in [0.1, 0.15) is 0 Å². The fourth-order valence-corrected chi connectivity index (χ4v) is 5.88. The first-order valence-corrected chi connectivity index (χ1v) is 18.1. The molecule has 2 N–H and O–H groups in total. The van der Waals surface area contributed by atoms with E-state index in [1.54, 1.807) is 0 Å². The predicted molar refractivity (Wildman–Crippen MR) is 171 cm³/mol. The maximum atomic E-state index is 10.1. The molecule has 0 spiro atoms. The van der Waals surface area contributed by atoms with Crippen molar-refractivity contribution >= 4 is 0 Å². The van der Waals surface area contributed by atoms with Gasteiger partial charge in [0.05, 0.1) is 12.2 Å². The summed E-state index contributed by atoms with van der Waals surface area (Å²) in [6.07, 6.45) is 42.0. The Labute approximate surface area is 241 Å². The normalized spacial score (nSPS) is 13.3. The van der Waals surface area contributed by atoms with Crippen LogP contribution in [0.5, 0.6) is 0 Å². The van der Waals surface area contributed by atoms with Gasteiger partial charge in [0.15, 0.2) is 0 Å². The number of hydrogen-bond acceptors (Lipinski definition) is 2. The van der Waals surface area contributed by atoms with Crippen molar-refractivity contribution < 1.29 is 10.2 Å². The van der Waals surface area contributed by atoms with Crippen LogP contribution in [0.25, 0.3) is 0 Å². The molecule has 0 unspecified atom stereocenters. The second kappa shape index (κ2) is 33.1. The van der Waals surface area contributed by atoms with E-state index in [1.807, 2.05) is 0 Å². The first-order chi connectivity index (χ1) is 18.7. The highest BCUT2D eigenvalue weighted by Gasteiger charge is 2.11. The highest BCUT2D eigenvalue weighted by molar-refractivity contribution is 4.64. The lowest BCUT2D eigenvalue weighted by atomic mass is 10.00. The summed E-state index contributed by atoms with van der Waals surface area (Å²) in [6.45, 7) is 4.51. The molecule has 0 aliphatic rings. The maximum Gasteiger partial charge on any atom is 0.0564 e. The minimum absolute atomic E-state index is 0.305. The average molecular weight is 539 g/mol. The Balaban J connectivity index is 3.15. The molecule has 0 saturated heterocycles. The topological polar surface area (TPSA) is 40.5 Å². The van der Waals surface area contributed by atoms with Crippen LogP contribution in [-0.2, 0) is 0 Å². The molecule has 0 radical (unpaired) electrons. The molecule has 38 heavy (non-hydrogen) atoms.